The molecule has 0 aliphatic carbocycles. The average Bonchev–Trinajstić information content (AvgIpc) is 3.11. The molecule has 1 aromatic heterocycles. The van der Waals surface area contributed by atoms with E-state index in [0.717, 1.165) is 37.9 Å². The molecule has 0 spiro atoms. The van der Waals surface area contributed by atoms with E-state index in [1.54, 1.807) is 0 Å². The highest BCUT2D eigenvalue weighted by Gasteiger charge is 2.39. The van der Waals surface area contributed by atoms with Crippen LogP contribution in [0.15, 0.2) is 36.5 Å². The molecule has 2 aliphatic heterocycles. The summed E-state index contributed by atoms with van der Waals surface area (Å²) >= 11 is 0. The number of rotatable bonds is 3. The van der Waals surface area contributed by atoms with E-state index >= 15 is 0 Å². The maximum absolute atomic E-state index is 11.6. The molecular formula is C19H23N3O2. The molecule has 5 nitrogen and oxygen atoms in total. The van der Waals surface area contributed by atoms with Crippen LogP contribution in [0.4, 0.5) is 5.69 Å². The lowest BCUT2D eigenvalue weighted by atomic mass is 9.84. The standard InChI is InChI=1S/C19H23N3O2/c20-19(23)15-8-12-24-18(15)13-6-10-22(11-7-13)17-5-9-21-16-4-2-1-3-14(16)17/h1-5,9,13,15,18H,6-8,10-12H2,(H2,20,23)/t15-,18+/m0/s1. The van der Waals surface area contributed by atoms with Gasteiger partial charge in [0.2, 0.25) is 5.91 Å². The molecule has 0 saturated carbocycles. The minimum atomic E-state index is -0.208. The van der Waals surface area contributed by atoms with E-state index in [1.807, 2.05) is 12.3 Å². The van der Waals surface area contributed by atoms with Gasteiger partial charge in [0.15, 0.2) is 0 Å². The Morgan fingerprint density at radius 2 is 1.96 bits per heavy atom. The molecular weight excluding hydrogens is 302 g/mol. The molecule has 24 heavy (non-hydrogen) atoms. The lowest BCUT2D eigenvalue weighted by Gasteiger charge is -2.37. The fraction of sp³-hybridized carbons (Fsp3) is 0.474. The monoisotopic (exact) mass is 325 g/mol. The summed E-state index contributed by atoms with van der Waals surface area (Å²) in [6.45, 7) is 2.61. The number of hydrogen-bond acceptors (Lipinski definition) is 4. The Morgan fingerprint density at radius 1 is 1.17 bits per heavy atom. The molecule has 0 unspecified atom stereocenters. The van der Waals surface area contributed by atoms with Crippen LogP contribution in [0.3, 0.4) is 0 Å². The number of aromatic nitrogens is 1. The molecule has 4 rings (SSSR count). The summed E-state index contributed by atoms with van der Waals surface area (Å²) in [5.74, 6) is 0.109. The van der Waals surface area contributed by atoms with Crippen molar-refractivity contribution in [3.63, 3.8) is 0 Å². The molecule has 2 N–H and O–H groups in total. The Labute approximate surface area is 141 Å². The molecule has 5 heteroatoms. The lowest BCUT2D eigenvalue weighted by Crippen LogP contribution is -2.42. The summed E-state index contributed by atoms with van der Waals surface area (Å²) in [5.41, 5.74) is 7.82. The Morgan fingerprint density at radius 3 is 2.75 bits per heavy atom. The van der Waals surface area contributed by atoms with Crippen LogP contribution in [0.25, 0.3) is 10.9 Å². The number of piperidine rings is 1. The average molecular weight is 325 g/mol. The van der Waals surface area contributed by atoms with Crippen molar-refractivity contribution in [3.8, 4) is 0 Å². The summed E-state index contributed by atoms with van der Waals surface area (Å²) in [6.07, 6.45) is 4.73. The van der Waals surface area contributed by atoms with Gasteiger partial charge in [-0.05, 0) is 37.3 Å². The maximum atomic E-state index is 11.6. The molecule has 1 aromatic carbocycles. The van der Waals surface area contributed by atoms with Crippen molar-refractivity contribution in [3.05, 3.63) is 36.5 Å². The van der Waals surface area contributed by atoms with Gasteiger partial charge in [-0.25, -0.2) is 0 Å². The number of anilines is 1. The van der Waals surface area contributed by atoms with Crippen molar-refractivity contribution in [2.75, 3.05) is 24.6 Å². The smallest absolute Gasteiger partial charge is 0.223 e. The van der Waals surface area contributed by atoms with Gasteiger partial charge in [0.25, 0.3) is 0 Å². The highest BCUT2D eigenvalue weighted by atomic mass is 16.5. The second-order valence-electron chi connectivity index (χ2n) is 6.80. The van der Waals surface area contributed by atoms with Crippen LogP contribution in [-0.2, 0) is 9.53 Å². The topological polar surface area (TPSA) is 68.5 Å². The van der Waals surface area contributed by atoms with Crippen molar-refractivity contribution >= 4 is 22.5 Å². The number of para-hydroxylation sites is 1. The zero-order valence-corrected chi connectivity index (χ0v) is 13.7. The van der Waals surface area contributed by atoms with Crippen molar-refractivity contribution in [2.45, 2.75) is 25.4 Å². The number of hydrogen-bond donors (Lipinski definition) is 1. The number of amides is 1. The van der Waals surface area contributed by atoms with Gasteiger partial charge in [0.05, 0.1) is 17.5 Å². The Balaban J connectivity index is 1.49. The molecule has 3 heterocycles. The summed E-state index contributed by atoms with van der Waals surface area (Å²) in [5, 5.41) is 1.20. The number of nitrogens with zero attached hydrogens (tertiary/aromatic N) is 2. The van der Waals surface area contributed by atoms with E-state index in [4.69, 9.17) is 10.5 Å². The Hall–Kier alpha value is -2.14. The largest absolute Gasteiger partial charge is 0.377 e. The number of carbonyl (C=O) groups excluding carboxylic acids is 1. The summed E-state index contributed by atoms with van der Waals surface area (Å²) in [4.78, 5) is 18.5. The first-order chi connectivity index (χ1) is 11.7. The van der Waals surface area contributed by atoms with Gasteiger partial charge in [-0.15, -0.1) is 0 Å². The van der Waals surface area contributed by atoms with Gasteiger partial charge in [-0.1, -0.05) is 18.2 Å². The highest BCUT2D eigenvalue weighted by molar-refractivity contribution is 5.91. The van der Waals surface area contributed by atoms with E-state index in [1.165, 1.54) is 11.1 Å². The quantitative estimate of drug-likeness (QED) is 0.940. The van der Waals surface area contributed by atoms with E-state index in [-0.39, 0.29) is 17.9 Å². The van der Waals surface area contributed by atoms with Crippen LogP contribution in [0, 0.1) is 11.8 Å². The van der Waals surface area contributed by atoms with Crippen LogP contribution in [-0.4, -0.2) is 36.7 Å². The van der Waals surface area contributed by atoms with Crippen LogP contribution in [0.5, 0.6) is 0 Å². The first-order valence-corrected chi connectivity index (χ1v) is 8.73. The van der Waals surface area contributed by atoms with E-state index < -0.39 is 0 Å². The Kier molecular flexibility index (Phi) is 4.10. The van der Waals surface area contributed by atoms with Crippen molar-refractivity contribution in [1.82, 2.24) is 4.98 Å². The maximum Gasteiger partial charge on any atom is 0.223 e. The van der Waals surface area contributed by atoms with Crippen molar-refractivity contribution in [1.29, 1.82) is 0 Å². The third kappa shape index (κ3) is 2.73. The summed E-state index contributed by atoms with van der Waals surface area (Å²) in [7, 11) is 0. The lowest BCUT2D eigenvalue weighted by molar-refractivity contribution is -0.124. The number of ether oxygens (including phenoxy) is 1. The van der Waals surface area contributed by atoms with Crippen molar-refractivity contribution in [2.24, 2.45) is 17.6 Å². The summed E-state index contributed by atoms with van der Waals surface area (Å²) < 4.78 is 5.85. The number of fused-ring (bicyclic) bond motifs is 1. The number of nitrogens with two attached hydrogens (primary N) is 1. The third-order valence-corrected chi connectivity index (χ3v) is 5.47. The van der Waals surface area contributed by atoms with E-state index in [9.17, 15) is 4.79 Å². The number of carbonyl (C=O) groups is 1. The highest BCUT2D eigenvalue weighted by Crippen LogP contribution is 2.35. The van der Waals surface area contributed by atoms with Gasteiger partial charge in [0.1, 0.15) is 0 Å². The SMILES string of the molecule is NC(=O)[C@H]1CCO[C@@H]1C1CCN(c2ccnc3ccccc23)CC1. The summed E-state index contributed by atoms with van der Waals surface area (Å²) in [6, 6.07) is 10.4. The van der Waals surface area contributed by atoms with Gasteiger partial charge in [-0.2, -0.15) is 0 Å². The first kappa shape index (κ1) is 15.4. The van der Waals surface area contributed by atoms with Crippen molar-refractivity contribution < 1.29 is 9.53 Å². The molecule has 0 bridgehead atoms. The second-order valence-corrected chi connectivity index (χ2v) is 6.80. The second kappa shape index (κ2) is 6.40. The predicted molar refractivity (Wildman–Crippen MR) is 93.7 cm³/mol. The molecule has 2 saturated heterocycles. The van der Waals surface area contributed by atoms with Gasteiger partial charge < -0.3 is 15.4 Å². The predicted octanol–water partition coefficient (Wildman–Crippen LogP) is 2.34. The molecule has 2 atom stereocenters. The number of primary amides is 1. The molecule has 0 radical (unpaired) electrons. The molecule has 2 aliphatic rings. The fourth-order valence-corrected chi connectivity index (χ4v) is 4.21. The third-order valence-electron chi connectivity index (χ3n) is 5.47. The zero-order valence-electron chi connectivity index (χ0n) is 13.7. The van der Waals surface area contributed by atoms with Gasteiger partial charge >= 0.3 is 0 Å². The van der Waals surface area contributed by atoms with E-state index in [0.29, 0.717) is 12.5 Å². The number of benzene rings is 1. The van der Waals surface area contributed by atoms with Gasteiger partial charge in [0, 0.05) is 37.0 Å². The van der Waals surface area contributed by atoms with Gasteiger partial charge in [-0.3, -0.25) is 9.78 Å². The number of pyridine rings is 1. The van der Waals surface area contributed by atoms with Crippen LogP contribution in [0.2, 0.25) is 0 Å². The molecule has 1 amide bonds. The molecule has 2 fully saturated rings. The normalized spacial score (nSPS) is 25.2. The molecule has 2 aromatic rings. The van der Waals surface area contributed by atoms with E-state index in [2.05, 4.69) is 34.1 Å². The minimum absolute atomic E-state index is 0.0128. The van der Waals surface area contributed by atoms with Crippen LogP contribution in [0.1, 0.15) is 19.3 Å². The van der Waals surface area contributed by atoms with Crippen LogP contribution >= 0.6 is 0 Å². The first-order valence-electron chi connectivity index (χ1n) is 8.73. The zero-order chi connectivity index (χ0) is 16.5. The van der Waals surface area contributed by atoms with Crippen LogP contribution < -0.4 is 10.6 Å². The fourth-order valence-electron chi connectivity index (χ4n) is 4.21. The minimum Gasteiger partial charge on any atom is -0.377 e. The molecule has 126 valence electrons. The Bertz CT molecular complexity index is 735.